The summed E-state index contributed by atoms with van der Waals surface area (Å²) in [6.07, 6.45) is 0.0913. The number of aryl methyl sites for hydroxylation is 1. The molecule has 0 saturated carbocycles. The summed E-state index contributed by atoms with van der Waals surface area (Å²) in [5.74, 6) is 2.00. The summed E-state index contributed by atoms with van der Waals surface area (Å²) in [5, 5.41) is 3.14. The number of benzene rings is 1. The first kappa shape index (κ1) is 15.1. The Hall–Kier alpha value is -2.30. The van der Waals surface area contributed by atoms with E-state index < -0.39 is 0 Å². The van der Waals surface area contributed by atoms with Crippen molar-refractivity contribution in [2.75, 3.05) is 18.5 Å². The van der Waals surface area contributed by atoms with Gasteiger partial charge in [-0.1, -0.05) is 18.2 Å². The van der Waals surface area contributed by atoms with Gasteiger partial charge < -0.3 is 14.8 Å². The molecular formula is C16H21N3O2. The molecule has 1 N–H and O–H groups in total. The van der Waals surface area contributed by atoms with E-state index in [0.29, 0.717) is 25.0 Å². The van der Waals surface area contributed by atoms with Gasteiger partial charge in [-0.25, -0.2) is 4.98 Å². The molecule has 112 valence electrons. The summed E-state index contributed by atoms with van der Waals surface area (Å²) in [4.78, 5) is 8.65. The number of rotatable bonds is 7. The fourth-order valence-corrected chi connectivity index (χ4v) is 1.77. The lowest BCUT2D eigenvalue weighted by molar-refractivity contribution is 0.232. The summed E-state index contributed by atoms with van der Waals surface area (Å²) >= 11 is 0. The van der Waals surface area contributed by atoms with Crippen molar-refractivity contribution >= 4 is 5.95 Å². The summed E-state index contributed by atoms with van der Waals surface area (Å²) < 4.78 is 11.2. The molecular weight excluding hydrogens is 266 g/mol. The van der Waals surface area contributed by atoms with Crippen LogP contribution >= 0.6 is 0 Å². The van der Waals surface area contributed by atoms with Gasteiger partial charge in [0.05, 0.1) is 12.6 Å². The van der Waals surface area contributed by atoms with Gasteiger partial charge in [0.2, 0.25) is 11.8 Å². The highest BCUT2D eigenvalue weighted by molar-refractivity contribution is 5.30. The maximum Gasteiger partial charge on any atom is 0.226 e. The van der Waals surface area contributed by atoms with E-state index in [0.717, 1.165) is 11.4 Å². The minimum Gasteiger partial charge on any atom is -0.492 e. The standard InChI is InChI=1S/C16H21N3O2/c1-12(2)21-15-11-13(3)18-16(19-15)17-9-10-20-14-7-5-4-6-8-14/h4-8,11-12H,9-10H2,1-3H3,(H,17,18,19). The molecule has 0 radical (unpaired) electrons. The SMILES string of the molecule is Cc1cc(OC(C)C)nc(NCCOc2ccccc2)n1. The average molecular weight is 287 g/mol. The Morgan fingerprint density at radius 1 is 1.14 bits per heavy atom. The van der Waals surface area contributed by atoms with Crippen LogP contribution in [0.25, 0.3) is 0 Å². The minimum atomic E-state index is 0.0913. The maximum atomic E-state index is 5.60. The van der Waals surface area contributed by atoms with Crippen LogP contribution in [-0.4, -0.2) is 29.2 Å². The topological polar surface area (TPSA) is 56.3 Å². The van der Waals surface area contributed by atoms with Crippen LogP contribution in [0, 0.1) is 6.92 Å². The highest BCUT2D eigenvalue weighted by atomic mass is 16.5. The van der Waals surface area contributed by atoms with Gasteiger partial charge >= 0.3 is 0 Å². The van der Waals surface area contributed by atoms with Crippen LogP contribution in [0.15, 0.2) is 36.4 Å². The smallest absolute Gasteiger partial charge is 0.226 e. The Balaban J connectivity index is 1.84. The van der Waals surface area contributed by atoms with Crippen LogP contribution in [0.5, 0.6) is 11.6 Å². The van der Waals surface area contributed by atoms with Crippen molar-refractivity contribution in [1.29, 1.82) is 0 Å². The van der Waals surface area contributed by atoms with Crippen molar-refractivity contribution in [3.8, 4) is 11.6 Å². The van der Waals surface area contributed by atoms with E-state index in [4.69, 9.17) is 9.47 Å². The lowest BCUT2D eigenvalue weighted by Crippen LogP contribution is -2.15. The Bertz CT molecular complexity index is 559. The number of hydrogen-bond acceptors (Lipinski definition) is 5. The average Bonchev–Trinajstić information content (AvgIpc) is 2.43. The number of nitrogens with zero attached hydrogens (tertiary/aromatic N) is 2. The highest BCUT2D eigenvalue weighted by Crippen LogP contribution is 2.13. The molecule has 2 rings (SSSR count). The van der Waals surface area contributed by atoms with Crippen molar-refractivity contribution in [3.63, 3.8) is 0 Å². The molecule has 1 heterocycles. The van der Waals surface area contributed by atoms with Crippen LogP contribution in [-0.2, 0) is 0 Å². The Kier molecular flexibility index (Phi) is 5.37. The lowest BCUT2D eigenvalue weighted by Gasteiger charge is -2.11. The first-order valence-corrected chi connectivity index (χ1v) is 7.07. The first-order chi connectivity index (χ1) is 10.1. The molecule has 0 amide bonds. The second-order valence-corrected chi connectivity index (χ2v) is 4.93. The third-order valence-corrected chi connectivity index (χ3v) is 2.58. The monoisotopic (exact) mass is 287 g/mol. The van der Waals surface area contributed by atoms with Crippen LogP contribution in [0.3, 0.4) is 0 Å². The van der Waals surface area contributed by atoms with Crippen LogP contribution in [0.2, 0.25) is 0 Å². The quantitative estimate of drug-likeness (QED) is 0.793. The molecule has 2 aromatic rings. The van der Waals surface area contributed by atoms with E-state index >= 15 is 0 Å². The van der Waals surface area contributed by atoms with Gasteiger partial charge in [0, 0.05) is 11.8 Å². The zero-order valence-corrected chi connectivity index (χ0v) is 12.7. The molecule has 0 atom stereocenters. The Morgan fingerprint density at radius 2 is 1.90 bits per heavy atom. The van der Waals surface area contributed by atoms with Crippen molar-refractivity contribution in [2.45, 2.75) is 26.9 Å². The third-order valence-electron chi connectivity index (χ3n) is 2.58. The summed E-state index contributed by atoms with van der Waals surface area (Å²) in [5.41, 5.74) is 0.868. The van der Waals surface area contributed by atoms with Gasteiger partial charge in [-0.3, -0.25) is 0 Å². The largest absolute Gasteiger partial charge is 0.492 e. The van der Waals surface area contributed by atoms with E-state index in [-0.39, 0.29) is 6.10 Å². The van der Waals surface area contributed by atoms with E-state index in [1.165, 1.54) is 0 Å². The number of nitrogens with one attached hydrogen (secondary N) is 1. The van der Waals surface area contributed by atoms with Crippen LogP contribution in [0.1, 0.15) is 19.5 Å². The number of ether oxygens (including phenoxy) is 2. The predicted molar refractivity (Wildman–Crippen MR) is 83.0 cm³/mol. The normalized spacial score (nSPS) is 10.5. The van der Waals surface area contributed by atoms with Crippen LogP contribution < -0.4 is 14.8 Å². The molecule has 0 aliphatic heterocycles. The molecule has 5 nitrogen and oxygen atoms in total. The molecule has 21 heavy (non-hydrogen) atoms. The molecule has 0 saturated heterocycles. The summed E-state index contributed by atoms with van der Waals surface area (Å²) in [6, 6.07) is 11.5. The first-order valence-electron chi connectivity index (χ1n) is 7.07. The summed E-state index contributed by atoms with van der Waals surface area (Å²) in [6.45, 7) is 7.03. The Labute approximate surface area is 125 Å². The number of hydrogen-bond donors (Lipinski definition) is 1. The summed E-state index contributed by atoms with van der Waals surface area (Å²) in [7, 11) is 0. The van der Waals surface area contributed by atoms with Gasteiger partial charge in [0.15, 0.2) is 0 Å². The van der Waals surface area contributed by atoms with Crippen LogP contribution in [0.4, 0.5) is 5.95 Å². The molecule has 1 aromatic carbocycles. The zero-order valence-electron chi connectivity index (χ0n) is 12.7. The van der Waals surface area contributed by atoms with Crippen molar-refractivity contribution in [2.24, 2.45) is 0 Å². The molecule has 0 aliphatic carbocycles. The van der Waals surface area contributed by atoms with E-state index in [9.17, 15) is 0 Å². The minimum absolute atomic E-state index is 0.0913. The molecule has 0 fully saturated rings. The highest BCUT2D eigenvalue weighted by Gasteiger charge is 2.04. The van der Waals surface area contributed by atoms with Gasteiger partial charge in [-0.15, -0.1) is 0 Å². The number of anilines is 1. The van der Waals surface area contributed by atoms with Gasteiger partial charge in [-0.2, -0.15) is 4.98 Å². The predicted octanol–water partition coefficient (Wildman–Crippen LogP) is 3.06. The number of aromatic nitrogens is 2. The van der Waals surface area contributed by atoms with E-state index in [2.05, 4.69) is 15.3 Å². The molecule has 0 bridgehead atoms. The van der Waals surface area contributed by atoms with Gasteiger partial charge in [0.25, 0.3) is 0 Å². The molecule has 0 spiro atoms. The van der Waals surface area contributed by atoms with E-state index in [1.807, 2.05) is 57.2 Å². The van der Waals surface area contributed by atoms with Gasteiger partial charge in [-0.05, 0) is 32.9 Å². The molecule has 0 unspecified atom stereocenters. The van der Waals surface area contributed by atoms with Crippen molar-refractivity contribution in [3.05, 3.63) is 42.1 Å². The molecule has 1 aromatic heterocycles. The maximum absolute atomic E-state index is 5.60. The zero-order chi connectivity index (χ0) is 15.1. The molecule has 0 aliphatic rings. The third kappa shape index (κ3) is 5.30. The molecule has 5 heteroatoms. The van der Waals surface area contributed by atoms with Crippen molar-refractivity contribution in [1.82, 2.24) is 9.97 Å². The van der Waals surface area contributed by atoms with Gasteiger partial charge in [0.1, 0.15) is 12.4 Å². The fourth-order valence-electron chi connectivity index (χ4n) is 1.77. The fraction of sp³-hybridized carbons (Fsp3) is 0.375. The second kappa shape index (κ2) is 7.47. The lowest BCUT2D eigenvalue weighted by atomic mass is 10.3. The second-order valence-electron chi connectivity index (χ2n) is 4.93. The Morgan fingerprint density at radius 3 is 2.62 bits per heavy atom. The number of para-hydroxylation sites is 1. The van der Waals surface area contributed by atoms with E-state index in [1.54, 1.807) is 0 Å². The van der Waals surface area contributed by atoms with Crippen molar-refractivity contribution < 1.29 is 9.47 Å².